The molecule has 4 nitrogen and oxygen atoms in total. The summed E-state index contributed by atoms with van der Waals surface area (Å²) in [6.45, 7) is 6.59. The van der Waals surface area contributed by atoms with Crippen LogP contribution in [0, 0.1) is 12.1 Å². The smallest absolute Gasteiger partial charge is 0.0915 e. The van der Waals surface area contributed by atoms with Crippen LogP contribution in [0.4, 0.5) is 0 Å². The van der Waals surface area contributed by atoms with Crippen molar-refractivity contribution in [2.45, 2.75) is 51.9 Å². The topological polar surface area (TPSA) is 51.8 Å². The Balaban J connectivity index is 0.000000198. The zero-order chi connectivity index (χ0) is 24.3. The van der Waals surface area contributed by atoms with Gasteiger partial charge in [-0.15, -0.1) is 41.5 Å². The molecule has 5 aromatic rings. The second-order valence-corrected chi connectivity index (χ2v) is 9.84. The SMILES string of the molecule is CC(C)(C)c1ccc(-c2[c-]cnc3c4c(oc23)CCCC4)nc1.[Ir].[c-]1ccccc1-c1ccccn1. The third kappa shape index (κ3) is 5.64. The first-order valence-corrected chi connectivity index (χ1v) is 12.2. The molecular weight excluding hydrogens is 623 g/mol. The quantitative estimate of drug-likeness (QED) is 0.187. The van der Waals surface area contributed by atoms with E-state index in [1.807, 2.05) is 48.7 Å². The molecule has 185 valence electrons. The van der Waals surface area contributed by atoms with Gasteiger partial charge < -0.3 is 14.4 Å². The Hall–Kier alpha value is -3.14. The van der Waals surface area contributed by atoms with Gasteiger partial charge in [0, 0.05) is 50.1 Å². The Morgan fingerprint density at radius 2 is 1.67 bits per heavy atom. The van der Waals surface area contributed by atoms with Crippen LogP contribution >= 0.6 is 0 Å². The maximum Gasteiger partial charge on any atom is 0.0915 e. The molecule has 0 aliphatic heterocycles. The molecule has 1 radical (unpaired) electrons. The fourth-order valence-corrected chi connectivity index (χ4v) is 4.33. The van der Waals surface area contributed by atoms with Crippen molar-refractivity contribution in [3.8, 4) is 22.5 Å². The average molecular weight is 652 g/mol. The average Bonchev–Trinajstić information content (AvgIpc) is 3.29. The summed E-state index contributed by atoms with van der Waals surface area (Å²) in [5.41, 5.74) is 8.29. The standard InChI is InChI=1S/C20H21N2O.C11H8N.Ir/c1-20(2,3)13-8-9-16(22-12-13)14-10-11-21-18-15-6-4-5-7-17(15)23-19(14)18;1-2-6-10(7-3-1)11-8-4-5-9-12-11;/h8-9,11-12H,4-7H2,1-3H3;1-6,8-9H;/q2*-1;. The fourth-order valence-electron chi connectivity index (χ4n) is 4.33. The second-order valence-electron chi connectivity index (χ2n) is 9.84. The Morgan fingerprint density at radius 3 is 2.36 bits per heavy atom. The van der Waals surface area contributed by atoms with Crippen LogP contribution in [0.25, 0.3) is 33.6 Å². The van der Waals surface area contributed by atoms with Gasteiger partial charge in [-0.1, -0.05) is 45.0 Å². The van der Waals surface area contributed by atoms with Crippen molar-refractivity contribution in [1.29, 1.82) is 0 Å². The fraction of sp³-hybridized carbons (Fsp3) is 0.258. The van der Waals surface area contributed by atoms with Crippen LogP contribution in [0.2, 0.25) is 0 Å². The first-order valence-electron chi connectivity index (χ1n) is 12.2. The summed E-state index contributed by atoms with van der Waals surface area (Å²) in [6, 6.07) is 24.3. The second kappa shape index (κ2) is 11.3. The van der Waals surface area contributed by atoms with Gasteiger partial charge in [0.1, 0.15) is 0 Å². The molecule has 4 aromatic heterocycles. The molecule has 1 aliphatic carbocycles. The van der Waals surface area contributed by atoms with Crippen molar-refractivity contribution < 1.29 is 24.5 Å². The summed E-state index contributed by atoms with van der Waals surface area (Å²) in [7, 11) is 0. The molecule has 6 rings (SSSR count). The number of hydrogen-bond donors (Lipinski definition) is 0. The summed E-state index contributed by atoms with van der Waals surface area (Å²) >= 11 is 0. The predicted molar refractivity (Wildman–Crippen MR) is 140 cm³/mol. The number of aromatic nitrogens is 3. The van der Waals surface area contributed by atoms with Gasteiger partial charge in [-0.2, -0.15) is 6.07 Å². The van der Waals surface area contributed by atoms with Gasteiger partial charge in [-0.25, -0.2) is 0 Å². The number of fused-ring (bicyclic) bond motifs is 3. The minimum Gasteiger partial charge on any atom is -0.517 e. The van der Waals surface area contributed by atoms with Crippen molar-refractivity contribution in [2.24, 2.45) is 0 Å². The largest absolute Gasteiger partial charge is 0.517 e. The van der Waals surface area contributed by atoms with E-state index in [1.165, 1.54) is 24.0 Å². The van der Waals surface area contributed by atoms with E-state index in [1.54, 1.807) is 12.4 Å². The van der Waals surface area contributed by atoms with E-state index >= 15 is 0 Å². The van der Waals surface area contributed by atoms with Crippen molar-refractivity contribution in [1.82, 2.24) is 15.0 Å². The molecular formula is C31H29IrN3O-2. The summed E-state index contributed by atoms with van der Waals surface area (Å²) in [5, 5.41) is 0. The van der Waals surface area contributed by atoms with Crippen molar-refractivity contribution in [3.63, 3.8) is 0 Å². The summed E-state index contributed by atoms with van der Waals surface area (Å²) in [5.74, 6) is 1.10. The minimum absolute atomic E-state index is 0. The summed E-state index contributed by atoms with van der Waals surface area (Å²) in [4.78, 5) is 13.4. The number of furan rings is 1. The molecule has 5 heteroatoms. The molecule has 0 spiro atoms. The number of nitrogens with zero attached hydrogens (tertiary/aromatic N) is 3. The van der Waals surface area contributed by atoms with Gasteiger partial charge in [-0.05, 0) is 53.9 Å². The van der Waals surface area contributed by atoms with E-state index in [0.717, 1.165) is 52.2 Å². The van der Waals surface area contributed by atoms with Crippen molar-refractivity contribution >= 4 is 11.1 Å². The zero-order valence-corrected chi connectivity index (χ0v) is 23.2. The minimum atomic E-state index is 0. The van der Waals surface area contributed by atoms with Crippen LogP contribution in [0.1, 0.15) is 50.5 Å². The molecule has 0 fully saturated rings. The van der Waals surface area contributed by atoms with E-state index in [9.17, 15) is 0 Å². The van der Waals surface area contributed by atoms with E-state index < -0.39 is 0 Å². The molecule has 0 unspecified atom stereocenters. The molecule has 0 N–H and O–H groups in total. The van der Waals surface area contributed by atoms with Gasteiger partial charge in [-0.3, -0.25) is 4.98 Å². The van der Waals surface area contributed by atoms with Crippen LogP contribution in [-0.4, -0.2) is 15.0 Å². The van der Waals surface area contributed by atoms with Gasteiger partial charge in [0.05, 0.1) is 11.3 Å². The number of pyridine rings is 3. The summed E-state index contributed by atoms with van der Waals surface area (Å²) < 4.78 is 6.14. The molecule has 0 saturated carbocycles. The van der Waals surface area contributed by atoms with E-state index in [2.05, 4.69) is 60.0 Å². The normalized spacial score (nSPS) is 12.8. The molecule has 0 saturated heterocycles. The van der Waals surface area contributed by atoms with E-state index in [-0.39, 0.29) is 25.5 Å². The Morgan fingerprint density at radius 1 is 0.833 bits per heavy atom. The monoisotopic (exact) mass is 652 g/mol. The zero-order valence-electron chi connectivity index (χ0n) is 20.8. The maximum absolute atomic E-state index is 6.14. The van der Waals surface area contributed by atoms with Gasteiger partial charge in [0.2, 0.25) is 0 Å². The molecule has 36 heavy (non-hydrogen) atoms. The van der Waals surface area contributed by atoms with E-state index in [4.69, 9.17) is 4.42 Å². The van der Waals surface area contributed by atoms with Gasteiger partial charge in [0.25, 0.3) is 0 Å². The Bertz CT molecular complexity index is 1370. The maximum atomic E-state index is 6.14. The number of aryl methyl sites for hydroxylation is 2. The predicted octanol–water partition coefficient (Wildman–Crippen LogP) is 7.41. The molecule has 0 amide bonds. The van der Waals surface area contributed by atoms with Crippen LogP contribution in [0.5, 0.6) is 0 Å². The third-order valence-electron chi connectivity index (χ3n) is 6.31. The van der Waals surface area contributed by atoms with E-state index in [0.29, 0.717) is 0 Å². The molecule has 1 aliphatic rings. The van der Waals surface area contributed by atoms with Gasteiger partial charge >= 0.3 is 0 Å². The van der Waals surface area contributed by atoms with Crippen LogP contribution in [-0.2, 0) is 38.4 Å². The number of benzene rings is 1. The number of rotatable bonds is 2. The first-order chi connectivity index (χ1) is 17.0. The number of hydrogen-bond acceptors (Lipinski definition) is 4. The Labute approximate surface area is 226 Å². The summed E-state index contributed by atoms with van der Waals surface area (Å²) in [6.07, 6.45) is 9.99. The van der Waals surface area contributed by atoms with Crippen LogP contribution in [0.3, 0.4) is 0 Å². The molecule has 1 aromatic carbocycles. The Kier molecular flexibility index (Phi) is 8.13. The molecule has 0 bridgehead atoms. The first kappa shape index (κ1) is 25.9. The molecule has 0 atom stereocenters. The van der Waals surface area contributed by atoms with Crippen molar-refractivity contribution in [3.05, 3.63) is 102 Å². The van der Waals surface area contributed by atoms with Gasteiger partial charge in [0.15, 0.2) is 0 Å². The third-order valence-corrected chi connectivity index (χ3v) is 6.31. The molecule has 4 heterocycles. The van der Waals surface area contributed by atoms with Crippen LogP contribution in [0.15, 0.2) is 77.6 Å². The van der Waals surface area contributed by atoms with Crippen molar-refractivity contribution in [2.75, 3.05) is 0 Å². The van der Waals surface area contributed by atoms with Crippen LogP contribution < -0.4 is 0 Å².